The molecular weight excluding hydrogens is 212 g/mol. The summed E-state index contributed by atoms with van der Waals surface area (Å²) in [4.78, 5) is 23.4. The van der Waals surface area contributed by atoms with Gasteiger partial charge in [-0.2, -0.15) is 0 Å². The molecule has 17 heavy (non-hydrogen) atoms. The van der Waals surface area contributed by atoms with Gasteiger partial charge in [0.25, 0.3) is 0 Å². The Bertz CT molecular complexity index is 456. The lowest BCUT2D eigenvalue weighted by atomic mass is 9.94. The van der Waals surface area contributed by atoms with Crippen molar-refractivity contribution in [1.29, 1.82) is 0 Å². The van der Waals surface area contributed by atoms with E-state index in [1.54, 1.807) is 0 Å². The molecule has 0 bridgehead atoms. The number of benzene rings is 1. The molecule has 0 aromatic heterocycles. The number of hydrogen-bond acceptors (Lipinski definition) is 2. The summed E-state index contributed by atoms with van der Waals surface area (Å²) in [6.45, 7) is 5.50. The molecule has 1 aliphatic rings. The molecule has 0 N–H and O–H groups in total. The van der Waals surface area contributed by atoms with Gasteiger partial charge in [0.15, 0.2) is 5.78 Å². The van der Waals surface area contributed by atoms with Crippen molar-refractivity contribution in [2.75, 3.05) is 0 Å². The normalized spacial score (nSPS) is 23.7. The Labute approximate surface area is 101 Å². The Hall–Kier alpha value is -1.70. The van der Waals surface area contributed by atoms with E-state index in [2.05, 4.69) is 6.58 Å². The smallest absolute Gasteiger partial charge is 0.158 e. The summed E-state index contributed by atoms with van der Waals surface area (Å²) in [5, 5.41) is 0. The molecule has 0 radical (unpaired) electrons. The van der Waals surface area contributed by atoms with Crippen LogP contribution in [0.2, 0.25) is 0 Å². The summed E-state index contributed by atoms with van der Waals surface area (Å²) < 4.78 is 0. The van der Waals surface area contributed by atoms with Gasteiger partial charge in [0.1, 0.15) is 5.78 Å². The molecule has 0 amide bonds. The maximum Gasteiger partial charge on any atom is 0.158 e. The minimum atomic E-state index is -0.161. The highest BCUT2D eigenvalue weighted by atomic mass is 16.1. The van der Waals surface area contributed by atoms with Crippen LogP contribution in [0.15, 0.2) is 36.9 Å². The van der Waals surface area contributed by atoms with Crippen LogP contribution in [-0.2, 0) is 9.59 Å². The van der Waals surface area contributed by atoms with Gasteiger partial charge in [-0.15, -0.1) is 0 Å². The first-order valence-corrected chi connectivity index (χ1v) is 5.87. The number of aryl methyl sites for hydroxylation is 1. The van der Waals surface area contributed by atoms with Gasteiger partial charge < -0.3 is 0 Å². The lowest BCUT2D eigenvalue weighted by molar-refractivity contribution is -0.122. The number of allylic oxidation sites excluding steroid dienone is 1. The van der Waals surface area contributed by atoms with Gasteiger partial charge in [-0.25, -0.2) is 0 Å². The lowest BCUT2D eigenvalue weighted by Crippen LogP contribution is -2.07. The first-order valence-electron chi connectivity index (χ1n) is 5.87. The molecule has 2 atom stereocenters. The highest BCUT2D eigenvalue weighted by Gasteiger charge is 2.36. The predicted molar refractivity (Wildman–Crippen MR) is 66.9 cm³/mol. The van der Waals surface area contributed by atoms with Crippen molar-refractivity contribution in [3.05, 3.63) is 48.0 Å². The van der Waals surface area contributed by atoms with Crippen molar-refractivity contribution in [2.45, 2.75) is 25.7 Å². The molecule has 2 heteroatoms. The summed E-state index contributed by atoms with van der Waals surface area (Å²) in [7, 11) is 0. The van der Waals surface area contributed by atoms with E-state index in [1.165, 1.54) is 11.6 Å². The van der Waals surface area contributed by atoms with E-state index in [-0.39, 0.29) is 23.4 Å². The van der Waals surface area contributed by atoms with E-state index in [1.807, 2.05) is 31.2 Å². The molecule has 0 spiro atoms. The Balaban J connectivity index is 2.18. The van der Waals surface area contributed by atoms with Crippen LogP contribution < -0.4 is 0 Å². The van der Waals surface area contributed by atoms with Crippen LogP contribution in [0.1, 0.15) is 29.9 Å². The van der Waals surface area contributed by atoms with Crippen LogP contribution in [0, 0.1) is 12.8 Å². The topological polar surface area (TPSA) is 34.1 Å². The molecule has 2 nitrogen and oxygen atoms in total. The van der Waals surface area contributed by atoms with Crippen molar-refractivity contribution < 1.29 is 9.59 Å². The average molecular weight is 228 g/mol. The van der Waals surface area contributed by atoms with Gasteiger partial charge in [0.2, 0.25) is 0 Å². The second-order valence-corrected chi connectivity index (χ2v) is 4.67. The minimum Gasteiger partial charge on any atom is -0.299 e. The van der Waals surface area contributed by atoms with Crippen LogP contribution in [0.3, 0.4) is 0 Å². The highest BCUT2D eigenvalue weighted by Crippen LogP contribution is 2.36. The molecule has 0 heterocycles. The fraction of sp³-hybridized carbons (Fsp3) is 0.333. The quantitative estimate of drug-likeness (QED) is 0.745. The second-order valence-electron chi connectivity index (χ2n) is 4.67. The number of carbonyl (C=O) groups excluding carboxylic acids is 2. The Morgan fingerprint density at radius 3 is 2.59 bits per heavy atom. The Morgan fingerprint density at radius 1 is 1.35 bits per heavy atom. The van der Waals surface area contributed by atoms with Gasteiger partial charge in [-0.1, -0.05) is 36.4 Å². The van der Waals surface area contributed by atoms with E-state index in [0.29, 0.717) is 12.8 Å². The third-order valence-corrected chi connectivity index (χ3v) is 3.44. The number of ketones is 2. The van der Waals surface area contributed by atoms with Crippen molar-refractivity contribution in [3.63, 3.8) is 0 Å². The van der Waals surface area contributed by atoms with Crippen LogP contribution in [0.5, 0.6) is 0 Å². The molecule has 1 unspecified atom stereocenters. The summed E-state index contributed by atoms with van der Waals surface area (Å²) in [6, 6.07) is 7.98. The van der Waals surface area contributed by atoms with Crippen LogP contribution in [-0.4, -0.2) is 11.6 Å². The van der Waals surface area contributed by atoms with Crippen molar-refractivity contribution in [2.24, 2.45) is 5.92 Å². The fourth-order valence-corrected chi connectivity index (χ4v) is 2.39. The molecule has 1 aromatic rings. The first-order chi connectivity index (χ1) is 8.11. The zero-order valence-electron chi connectivity index (χ0n) is 9.98. The zero-order chi connectivity index (χ0) is 12.4. The number of hydrogen-bond donors (Lipinski definition) is 0. The molecular formula is C15H16O2. The molecule has 2 rings (SSSR count). The van der Waals surface area contributed by atoms with E-state index in [0.717, 1.165) is 5.56 Å². The maximum absolute atomic E-state index is 11.9. The van der Waals surface area contributed by atoms with Crippen LogP contribution in [0.25, 0.3) is 0 Å². The molecule has 1 saturated carbocycles. The minimum absolute atomic E-state index is 0.00652. The predicted octanol–water partition coefficient (Wildman–Crippen LogP) is 2.81. The summed E-state index contributed by atoms with van der Waals surface area (Å²) >= 11 is 0. The SMILES string of the molecule is C=CC(=O)[C@H]1CC(=O)C(c2ccc(C)cc2)C1. The lowest BCUT2D eigenvalue weighted by Gasteiger charge is -2.09. The largest absolute Gasteiger partial charge is 0.299 e. The summed E-state index contributed by atoms with van der Waals surface area (Å²) in [6.07, 6.45) is 2.33. The third-order valence-electron chi connectivity index (χ3n) is 3.44. The third kappa shape index (κ3) is 2.36. The zero-order valence-corrected chi connectivity index (χ0v) is 9.98. The van der Waals surface area contributed by atoms with Gasteiger partial charge >= 0.3 is 0 Å². The standard InChI is InChI=1S/C15H16O2/c1-3-14(16)12-8-13(15(17)9-12)11-6-4-10(2)5-7-11/h3-7,12-13H,1,8-9H2,2H3/t12-,13?/m1/s1. The fourth-order valence-electron chi connectivity index (χ4n) is 2.39. The summed E-state index contributed by atoms with van der Waals surface area (Å²) in [5.74, 6) is -0.0992. The van der Waals surface area contributed by atoms with Gasteiger partial charge in [0, 0.05) is 18.3 Å². The first kappa shape index (κ1) is 11.8. The monoisotopic (exact) mass is 228 g/mol. The van der Waals surface area contributed by atoms with Crippen LogP contribution >= 0.6 is 0 Å². The van der Waals surface area contributed by atoms with E-state index >= 15 is 0 Å². The second kappa shape index (κ2) is 4.66. The number of rotatable bonds is 3. The van der Waals surface area contributed by atoms with Crippen molar-refractivity contribution in [3.8, 4) is 0 Å². The van der Waals surface area contributed by atoms with Gasteiger partial charge in [-0.05, 0) is 25.0 Å². The van der Waals surface area contributed by atoms with E-state index in [9.17, 15) is 9.59 Å². The van der Waals surface area contributed by atoms with Crippen molar-refractivity contribution in [1.82, 2.24) is 0 Å². The molecule has 0 aliphatic heterocycles. The molecule has 1 fully saturated rings. The highest BCUT2D eigenvalue weighted by molar-refractivity contribution is 5.99. The maximum atomic E-state index is 11.9. The van der Waals surface area contributed by atoms with Gasteiger partial charge in [-0.3, -0.25) is 9.59 Å². The van der Waals surface area contributed by atoms with E-state index < -0.39 is 0 Å². The average Bonchev–Trinajstić information content (AvgIpc) is 2.71. The Kier molecular flexibility index (Phi) is 3.23. The van der Waals surface area contributed by atoms with Crippen LogP contribution in [0.4, 0.5) is 0 Å². The van der Waals surface area contributed by atoms with Crippen molar-refractivity contribution >= 4 is 11.6 Å². The molecule has 88 valence electrons. The summed E-state index contributed by atoms with van der Waals surface area (Å²) in [5.41, 5.74) is 2.21. The molecule has 1 aromatic carbocycles. The van der Waals surface area contributed by atoms with E-state index in [4.69, 9.17) is 0 Å². The number of Topliss-reactive ketones (excluding diaryl/α,β-unsaturated/α-hetero) is 1. The number of carbonyl (C=O) groups is 2. The Morgan fingerprint density at radius 2 is 2.00 bits per heavy atom. The molecule has 0 saturated heterocycles. The van der Waals surface area contributed by atoms with Gasteiger partial charge in [0.05, 0.1) is 0 Å². The molecule has 1 aliphatic carbocycles.